The lowest BCUT2D eigenvalue weighted by Gasteiger charge is -2.33. The number of anilines is 1. The van der Waals surface area contributed by atoms with Gasteiger partial charge in [0.2, 0.25) is 5.91 Å². The van der Waals surface area contributed by atoms with Crippen LogP contribution in [0.2, 0.25) is 0 Å². The molecule has 1 aromatic carbocycles. The smallest absolute Gasteiger partial charge is 0.223 e. The first-order chi connectivity index (χ1) is 14.6. The van der Waals surface area contributed by atoms with Crippen molar-refractivity contribution in [3.63, 3.8) is 0 Å². The standard InChI is InChI=1S/C24H32N4OS/c1-17-8-9-18(2)21(14-17)30-23-15-22(25-16-26-23)28-12-10-19(11-13-28)24(29)27-20-6-4-3-5-7-20/h8-9,14-16,19-20H,3-7,10-13H2,1-2H3,(H,27,29). The van der Waals surface area contributed by atoms with Gasteiger partial charge in [-0.15, -0.1) is 0 Å². The van der Waals surface area contributed by atoms with Crippen molar-refractivity contribution in [1.82, 2.24) is 15.3 Å². The fourth-order valence-corrected chi connectivity index (χ4v) is 5.39. The van der Waals surface area contributed by atoms with Crippen molar-refractivity contribution in [2.75, 3.05) is 18.0 Å². The van der Waals surface area contributed by atoms with Crippen LogP contribution in [0.1, 0.15) is 56.1 Å². The van der Waals surface area contributed by atoms with Crippen molar-refractivity contribution in [3.8, 4) is 0 Å². The highest BCUT2D eigenvalue weighted by Gasteiger charge is 2.27. The molecule has 30 heavy (non-hydrogen) atoms. The normalized spacial score (nSPS) is 18.4. The number of piperidine rings is 1. The van der Waals surface area contributed by atoms with Gasteiger partial charge in [-0.25, -0.2) is 9.97 Å². The van der Waals surface area contributed by atoms with Crippen LogP contribution in [0.5, 0.6) is 0 Å². The maximum absolute atomic E-state index is 12.7. The van der Waals surface area contributed by atoms with E-state index in [1.165, 1.54) is 35.3 Å². The summed E-state index contributed by atoms with van der Waals surface area (Å²) in [6.07, 6.45) is 9.54. The Bertz CT molecular complexity index is 873. The predicted octanol–water partition coefficient (Wildman–Crippen LogP) is 4.91. The first-order valence-corrected chi connectivity index (χ1v) is 12.0. The van der Waals surface area contributed by atoms with E-state index >= 15 is 0 Å². The molecule has 2 fully saturated rings. The Labute approximate surface area is 184 Å². The summed E-state index contributed by atoms with van der Waals surface area (Å²) in [6, 6.07) is 8.98. The predicted molar refractivity (Wildman–Crippen MR) is 122 cm³/mol. The molecule has 1 aliphatic carbocycles. The molecule has 160 valence electrons. The molecule has 6 heteroatoms. The largest absolute Gasteiger partial charge is 0.356 e. The number of amides is 1. The number of aromatic nitrogens is 2. The van der Waals surface area contributed by atoms with Crippen LogP contribution in [0, 0.1) is 19.8 Å². The van der Waals surface area contributed by atoms with Gasteiger partial charge in [-0.1, -0.05) is 43.2 Å². The maximum Gasteiger partial charge on any atom is 0.223 e. The zero-order valence-electron chi connectivity index (χ0n) is 18.1. The molecule has 0 unspecified atom stereocenters. The van der Waals surface area contributed by atoms with Crippen molar-refractivity contribution in [2.24, 2.45) is 5.92 Å². The van der Waals surface area contributed by atoms with Gasteiger partial charge in [0.05, 0.1) is 0 Å². The van der Waals surface area contributed by atoms with Gasteiger partial charge in [-0.05, 0) is 56.7 Å². The van der Waals surface area contributed by atoms with Crippen LogP contribution in [0.3, 0.4) is 0 Å². The molecule has 0 radical (unpaired) electrons. The highest BCUT2D eigenvalue weighted by molar-refractivity contribution is 7.99. The van der Waals surface area contributed by atoms with Crippen LogP contribution in [0.4, 0.5) is 5.82 Å². The third-order valence-corrected chi connectivity index (χ3v) is 7.42. The minimum Gasteiger partial charge on any atom is -0.356 e. The van der Waals surface area contributed by atoms with E-state index in [0.717, 1.165) is 49.6 Å². The molecule has 1 saturated carbocycles. The molecular weight excluding hydrogens is 392 g/mol. The summed E-state index contributed by atoms with van der Waals surface area (Å²) < 4.78 is 0. The third kappa shape index (κ3) is 5.34. The van der Waals surface area contributed by atoms with Gasteiger partial charge in [0.25, 0.3) is 0 Å². The van der Waals surface area contributed by atoms with Gasteiger partial charge >= 0.3 is 0 Å². The second-order valence-corrected chi connectivity index (χ2v) is 9.75. The lowest BCUT2D eigenvalue weighted by atomic mass is 9.92. The van der Waals surface area contributed by atoms with Crippen molar-refractivity contribution in [3.05, 3.63) is 41.7 Å². The molecule has 4 rings (SSSR count). The number of hydrogen-bond donors (Lipinski definition) is 1. The van der Waals surface area contributed by atoms with E-state index in [-0.39, 0.29) is 11.8 Å². The number of benzene rings is 1. The van der Waals surface area contributed by atoms with E-state index < -0.39 is 0 Å². The Hall–Kier alpha value is -2.08. The topological polar surface area (TPSA) is 58.1 Å². The molecular formula is C24H32N4OS. The molecule has 1 amide bonds. The number of nitrogens with zero attached hydrogens (tertiary/aromatic N) is 3. The van der Waals surface area contributed by atoms with Crippen LogP contribution in [0.25, 0.3) is 0 Å². The highest BCUT2D eigenvalue weighted by atomic mass is 32.2. The van der Waals surface area contributed by atoms with Crippen LogP contribution in [-0.2, 0) is 4.79 Å². The summed E-state index contributed by atoms with van der Waals surface area (Å²) >= 11 is 1.69. The van der Waals surface area contributed by atoms with Crippen molar-refractivity contribution in [1.29, 1.82) is 0 Å². The average Bonchev–Trinajstić information content (AvgIpc) is 2.77. The minimum atomic E-state index is 0.133. The number of carbonyl (C=O) groups is 1. The lowest BCUT2D eigenvalue weighted by molar-refractivity contribution is -0.126. The van der Waals surface area contributed by atoms with E-state index in [1.807, 2.05) is 0 Å². The first-order valence-electron chi connectivity index (χ1n) is 11.2. The molecule has 0 bridgehead atoms. The van der Waals surface area contributed by atoms with Crippen LogP contribution in [-0.4, -0.2) is 35.0 Å². The van der Waals surface area contributed by atoms with Crippen molar-refractivity contribution in [2.45, 2.75) is 74.8 Å². The van der Waals surface area contributed by atoms with Crippen LogP contribution >= 0.6 is 11.8 Å². The summed E-state index contributed by atoms with van der Waals surface area (Å²) in [6.45, 7) is 5.98. The Morgan fingerprint density at radius 2 is 1.80 bits per heavy atom. The lowest BCUT2D eigenvalue weighted by Crippen LogP contribution is -2.44. The Kier molecular flexibility index (Phi) is 6.93. The summed E-state index contributed by atoms with van der Waals surface area (Å²) in [7, 11) is 0. The molecule has 2 aliphatic rings. The summed E-state index contributed by atoms with van der Waals surface area (Å²) in [4.78, 5) is 25.2. The second kappa shape index (κ2) is 9.82. The van der Waals surface area contributed by atoms with Gasteiger partial charge < -0.3 is 10.2 Å². The minimum absolute atomic E-state index is 0.133. The first kappa shape index (κ1) is 21.2. The van der Waals surface area contributed by atoms with Gasteiger partial charge in [-0.2, -0.15) is 0 Å². The molecule has 0 atom stereocenters. The second-order valence-electron chi connectivity index (χ2n) is 8.69. The number of hydrogen-bond acceptors (Lipinski definition) is 5. The molecule has 1 aliphatic heterocycles. The molecule has 1 saturated heterocycles. The van der Waals surface area contributed by atoms with Crippen LogP contribution in [0.15, 0.2) is 40.5 Å². The zero-order chi connectivity index (χ0) is 20.9. The molecule has 2 aromatic rings. The van der Waals surface area contributed by atoms with E-state index in [1.54, 1.807) is 18.1 Å². The van der Waals surface area contributed by atoms with E-state index in [9.17, 15) is 4.79 Å². The SMILES string of the molecule is Cc1ccc(C)c(Sc2cc(N3CCC(C(=O)NC4CCCCC4)CC3)ncn2)c1. The monoisotopic (exact) mass is 424 g/mol. The average molecular weight is 425 g/mol. The fraction of sp³-hybridized carbons (Fsp3) is 0.542. The van der Waals surface area contributed by atoms with Gasteiger partial charge in [-0.3, -0.25) is 4.79 Å². The Balaban J connectivity index is 1.34. The van der Waals surface area contributed by atoms with Crippen molar-refractivity contribution < 1.29 is 4.79 Å². The molecule has 5 nitrogen and oxygen atoms in total. The van der Waals surface area contributed by atoms with Gasteiger partial charge in [0, 0.05) is 36.0 Å². The summed E-state index contributed by atoms with van der Waals surface area (Å²) in [5.74, 6) is 1.35. The van der Waals surface area contributed by atoms with E-state index in [4.69, 9.17) is 0 Å². The quantitative estimate of drug-likeness (QED) is 0.691. The summed E-state index contributed by atoms with van der Waals surface area (Å²) in [5, 5.41) is 4.27. The Morgan fingerprint density at radius 3 is 2.57 bits per heavy atom. The fourth-order valence-electron chi connectivity index (χ4n) is 4.43. The Morgan fingerprint density at radius 1 is 1.03 bits per heavy atom. The number of carbonyl (C=O) groups excluding carboxylic acids is 1. The number of nitrogens with one attached hydrogen (secondary N) is 1. The molecule has 0 spiro atoms. The zero-order valence-corrected chi connectivity index (χ0v) is 18.9. The summed E-state index contributed by atoms with van der Waals surface area (Å²) in [5.41, 5.74) is 2.52. The van der Waals surface area contributed by atoms with E-state index in [2.05, 4.69) is 58.3 Å². The van der Waals surface area contributed by atoms with Crippen LogP contribution < -0.4 is 10.2 Å². The van der Waals surface area contributed by atoms with Gasteiger partial charge in [0.15, 0.2) is 0 Å². The third-order valence-electron chi connectivity index (χ3n) is 6.33. The maximum atomic E-state index is 12.7. The number of aryl methyl sites for hydroxylation is 2. The molecule has 1 aromatic heterocycles. The van der Waals surface area contributed by atoms with Gasteiger partial charge in [0.1, 0.15) is 17.2 Å². The van der Waals surface area contributed by atoms with E-state index in [0.29, 0.717) is 6.04 Å². The molecule has 1 N–H and O–H groups in total. The van der Waals surface area contributed by atoms with Crippen molar-refractivity contribution >= 4 is 23.5 Å². The number of rotatable bonds is 5. The molecule has 2 heterocycles. The highest BCUT2D eigenvalue weighted by Crippen LogP contribution is 2.32.